The van der Waals surface area contributed by atoms with Gasteiger partial charge in [0.25, 0.3) is 0 Å². The van der Waals surface area contributed by atoms with Gasteiger partial charge in [-0.25, -0.2) is 0 Å². The van der Waals surface area contributed by atoms with E-state index in [4.69, 9.17) is 4.74 Å². The van der Waals surface area contributed by atoms with Crippen LogP contribution in [0.4, 0.5) is 0 Å². The predicted molar refractivity (Wildman–Crippen MR) is 45.4 cm³/mol. The van der Waals surface area contributed by atoms with Gasteiger partial charge in [0, 0.05) is 0 Å². The van der Waals surface area contributed by atoms with Crippen molar-refractivity contribution in [1.29, 1.82) is 0 Å². The lowest BCUT2D eigenvalue weighted by Gasteiger charge is -2.23. The van der Waals surface area contributed by atoms with Crippen molar-refractivity contribution in [3.8, 4) is 0 Å². The molecular weight excluding hydrogens is 152 g/mol. The SMILES string of the molecule is O=C1OCCC1[C]1CCCCC1. The molecule has 12 heavy (non-hydrogen) atoms. The van der Waals surface area contributed by atoms with Crippen LogP contribution in [-0.2, 0) is 9.53 Å². The summed E-state index contributed by atoms with van der Waals surface area (Å²) in [5, 5.41) is 0. The van der Waals surface area contributed by atoms with E-state index < -0.39 is 0 Å². The van der Waals surface area contributed by atoms with E-state index >= 15 is 0 Å². The van der Waals surface area contributed by atoms with Crippen LogP contribution in [0.2, 0.25) is 0 Å². The third kappa shape index (κ3) is 1.47. The number of esters is 1. The summed E-state index contributed by atoms with van der Waals surface area (Å²) in [6, 6.07) is 0. The maximum atomic E-state index is 11.2. The Hall–Kier alpha value is -0.530. The summed E-state index contributed by atoms with van der Waals surface area (Å²) in [6.07, 6.45) is 7.16. The lowest BCUT2D eigenvalue weighted by atomic mass is 9.79. The van der Waals surface area contributed by atoms with Crippen molar-refractivity contribution >= 4 is 5.97 Å². The van der Waals surface area contributed by atoms with Gasteiger partial charge < -0.3 is 4.74 Å². The first-order valence-electron chi connectivity index (χ1n) is 4.89. The zero-order valence-corrected chi connectivity index (χ0v) is 7.34. The molecule has 0 aromatic heterocycles. The summed E-state index contributed by atoms with van der Waals surface area (Å²) in [6.45, 7) is 0.646. The van der Waals surface area contributed by atoms with Crippen LogP contribution in [0.5, 0.6) is 0 Å². The van der Waals surface area contributed by atoms with Gasteiger partial charge in [0.15, 0.2) is 0 Å². The third-order valence-electron chi connectivity index (χ3n) is 2.92. The molecule has 2 aliphatic rings. The van der Waals surface area contributed by atoms with E-state index in [1.54, 1.807) is 0 Å². The van der Waals surface area contributed by atoms with Crippen LogP contribution in [0.15, 0.2) is 0 Å². The highest BCUT2D eigenvalue weighted by Crippen LogP contribution is 2.36. The summed E-state index contributed by atoms with van der Waals surface area (Å²) in [7, 11) is 0. The van der Waals surface area contributed by atoms with E-state index in [1.807, 2.05) is 0 Å². The molecule has 0 amide bonds. The molecule has 0 aromatic rings. The van der Waals surface area contributed by atoms with Gasteiger partial charge in [0.2, 0.25) is 0 Å². The monoisotopic (exact) mass is 167 g/mol. The number of cyclic esters (lactones) is 1. The standard InChI is InChI=1S/C10H15O2/c11-10-9(6-7-12-10)8-4-2-1-3-5-8/h9H,1-7H2. The second-order valence-corrected chi connectivity index (χ2v) is 3.73. The smallest absolute Gasteiger partial charge is 0.309 e. The highest BCUT2D eigenvalue weighted by Gasteiger charge is 2.34. The number of hydrogen-bond acceptors (Lipinski definition) is 2. The normalized spacial score (nSPS) is 32.0. The molecule has 0 aromatic carbocycles. The van der Waals surface area contributed by atoms with E-state index in [1.165, 1.54) is 38.0 Å². The molecule has 1 saturated carbocycles. The molecule has 0 bridgehead atoms. The first-order chi connectivity index (χ1) is 5.88. The average molecular weight is 167 g/mol. The van der Waals surface area contributed by atoms with Crippen LogP contribution in [0, 0.1) is 11.8 Å². The van der Waals surface area contributed by atoms with E-state index in [-0.39, 0.29) is 11.9 Å². The lowest BCUT2D eigenvalue weighted by Crippen LogP contribution is -2.19. The Bertz CT molecular complexity index is 171. The van der Waals surface area contributed by atoms with Gasteiger partial charge in [-0.2, -0.15) is 0 Å². The summed E-state index contributed by atoms with van der Waals surface area (Å²) >= 11 is 0. The molecule has 2 rings (SSSR count). The Morgan fingerprint density at radius 2 is 1.92 bits per heavy atom. The maximum absolute atomic E-state index is 11.2. The minimum atomic E-state index is 0.0342. The Balaban J connectivity index is 1.93. The number of carbonyl (C=O) groups is 1. The molecule has 1 atom stereocenters. The topological polar surface area (TPSA) is 26.3 Å². The molecule has 1 radical (unpaired) electrons. The van der Waals surface area contributed by atoms with Gasteiger partial charge in [-0.3, -0.25) is 4.79 Å². The predicted octanol–water partition coefficient (Wildman–Crippen LogP) is 2.09. The van der Waals surface area contributed by atoms with Crippen molar-refractivity contribution in [2.75, 3.05) is 6.61 Å². The molecule has 2 heteroatoms. The maximum Gasteiger partial charge on any atom is 0.309 e. The van der Waals surface area contributed by atoms with E-state index in [2.05, 4.69) is 0 Å². The van der Waals surface area contributed by atoms with Crippen LogP contribution in [0.3, 0.4) is 0 Å². The molecule has 1 unspecified atom stereocenters. The van der Waals surface area contributed by atoms with Crippen molar-refractivity contribution in [3.05, 3.63) is 5.92 Å². The molecule has 2 nitrogen and oxygen atoms in total. The van der Waals surface area contributed by atoms with Crippen LogP contribution < -0.4 is 0 Å². The highest BCUT2D eigenvalue weighted by molar-refractivity contribution is 5.76. The van der Waals surface area contributed by atoms with Crippen molar-refractivity contribution < 1.29 is 9.53 Å². The van der Waals surface area contributed by atoms with Gasteiger partial charge in [-0.1, -0.05) is 19.3 Å². The molecule has 1 saturated heterocycles. The molecule has 1 heterocycles. The van der Waals surface area contributed by atoms with E-state index in [9.17, 15) is 4.79 Å². The summed E-state index contributed by atoms with van der Waals surface area (Å²) in [4.78, 5) is 11.2. The van der Waals surface area contributed by atoms with Crippen LogP contribution >= 0.6 is 0 Å². The Labute approximate surface area is 73.3 Å². The van der Waals surface area contributed by atoms with Crippen molar-refractivity contribution in [2.45, 2.75) is 38.5 Å². The second kappa shape index (κ2) is 3.46. The van der Waals surface area contributed by atoms with Crippen molar-refractivity contribution in [3.63, 3.8) is 0 Å². The van der Waals surface area contributed by atoms with Crippen molar-refractivity contribution in [1.82, 2.24) is 0 Å². The second-order valence-electron chi connectivity index (χ2n) is 3.73. The zero-order chi connectivity index (χ0) is 8.39. The largest absolute Gasteiger partial charge is 0.465 e. The fraction of sp³-hybridized carbons (Fsp3) is 0.800. The van der Waals surface area contributed by atoms with Crippen molar-refractivity contribution in [2.24, 2.45) is 5.92 Å². The highest BCUT2D eigenvalue weighted by atomic mass is 16.5. The van der Waals surface area contributed by atoms with Gasteiger partial charge in [0.1, 0.15) is 0 Å². The summed E-state index contributed by atoms with van der Waals surface area (Å²) in [5.41, 5.74) is 0. The molecule has 67 valence electrons. The lowest BCUT2D eigenvalue weighted by molar-refractivity contribution is -0.141. The van der Waals surface area contributed by atoms with Crippen LogP contribution in [0.25, 0.3) is 0 Å². The number of ether oxygens (including phenoxy) is 1. The summed E-state index contributed by atoms with van der Waals surface area (Å²) in [5.74, 6) is 1.67. The number of hydrogen-bond donors (Lipinski definition) is 0. The first-order valence-corrected chi connectivity index (χ1v) is 4.89. The molecule has 1 aliphatic carbocycles. The quantitative estimate of drug-likeness (QED) is 0.559. The molecule has 1 aliphatic heterocycles. The zero-order valence-electron chi connectivity index (χ0n) is 7.34. The molecule has 0 N–H and O–H groups in total. The van der Waals surface area contributed by atoms with Gasteiger partial charge in [-0.15, -0.1) is 0 Å². The molecule has 0 spiro atoms. The Kier molecular flexibility index (Phi) is 2.33. The fourth-order valence-corrected chi connectivity index (χ4v) is 2.22. The minimum absolute atomic E-state index is 0.0342. The van der Waals surface area contributed by atoms with E-state index in [0.29, 0.717) is 6.61 Å². The van der Waals surface area contributed by atoms with E-state index in [0.717, 1.165) is 6.42 Å². The fourth-order valence-electron chi connectivity index (χ4n) is 2.22. The van der Waals surface area contributed by atoms with Gasteiger partial charge >= 0.3 is 5.97 Å². The Morgan fingerprint density at radius 1 is 1.17 bits per heavy atom. The van der Waals surface area contributed by atoms with Crippen LogP contribution in [0.1, 0.15) is 38.5 Å². The third-order valence-corrected chi connectivity index (χ3v) is 2.92. The number of rotatable bonds is 1. The molecular formula is C10H15O2. The molecule has 2 fully saturated rings. The minimum Gasteiger partial charge on any atom is -0.465 e. The van der Waals surface area contributed by atoms with Gasteiger partial charge in [-0.05, 0) is 25.2 Å². The first kappa shape index (κ1) is 8.09. The van der Waals surface area contributed by atoms with Gasteiger partial charge in [0.05, 0.1) is 12.5 Å². The Morgan fingerprint density at radius 3 is 2.50 bits per heavy atom. The number of carbonyl (C=O) groups excluding carboxylic acids is 1. The van der Waals surface area contributed by atoms with Crippen LogP contribution in [-0.4, -0.2) is 12.6 Å². The average Bonchev–Trinajstić information content (AvgIpc) is 2.53. The summed E-state index contributed by atoms with van der Waals surface area (Å²) < 4.78 is 4.96.